The Morgan fingerprint density at radius 1 is 0.357 bits per heavy atom. The molecular formula is C24H16N4. The van der Waals surface area contributed by atoms with Crippen LogP contribution in [0.1, 0.15) is 0 Å². The van der Waals surface area contributed by atoms with Crippen LogP contribution in [0.3, 0.4) is 0 Å². The second-order valence-electron chi connectivity index (χ2n) is 6.87. The number of hydrogen-bond donors (Lipinski definition) is 0. The Bertz CT molecular complexity index is 1300. The number of rotatable bonds is 2. The first-order chi connectivity index (χ1) is 13.9. The minimum Gasteiger partial charge on any atom is -0.212 e. The van der Waals surface area contributed by atoms with Crippen molar-refractivity contribution in [1.29, 1.82) is 0 Å². The molecule has 28 heavy (non-hydrogen) atoms. The van der Waals surface area contributed by atoms with Crippen LogP contribution < -0.4 is 0 Å². The molecular weight excluding hydrogens is 344 g/mol. The zero-order valence-electron chi connectivity index (χ0n) is 15.0. The summed E-state index contributed by atoms with van der Waals surface area (Å²) >= 11 is 0. The van der Waals surface area contributed by atoms with E-state index in [1.54, 1.807) is 0 Å². The summed E-state index contributed by atoms with van der Waals surface area (Å²) in [4.78, 5) is 0. The zero-order valence-corrected chi connectivity index (χ0v) is 15.0. The third-order valence-electron chi connectivity index (χ3n) is 5.33. The summed E-state index contributed by atoms with van der Waals surface area (Å²) in [5, 5.41) is 14.1. The summed E-state index contributed by atoms with van der Waals surface area (Å²) in [6, 6.07) is 33.2. The van der Waals surface area contributed by atoms with Crippen molar-refractivity contribution in [3.05, 3.63) is 97.1 Å². The van der Waals surface area contributed by atoms with E-state index in [0.29, 0.717) is 0 Å². The SMILES string of the molecule is c1ccc2c(c1)c1ccccc1n2N=Nn1c2ccccc2c2ccccc21. The molecule has 2 aromatic heterocycles. The molecule has 0 spiro atoms. The van der Waals surface area contributed by atoms with Gasteiger partial charge in [0, 0.05) is 21.5 Å². The van der Waals surface area contributed by atoms with Crippen molar-refractivity contribution in [1.82, 2.24) is 9.35 Å². The molecule has 2 heterocycles. The van der Waals surface area contributed by atoms with Crippen molar-refractivity contribution < 1.29 is 0 Å². The van der Waals surface area contributed by atoms with Gasteiger partial charge < -0.3 is 0 Å². The maximum Gasteiger partial charge on any atom is 0.0749 e. The molecule has 0 aliphatic carbocycles. The van der Waals surface area contributed by atoms with Crippen LogP contribution in [-0.2, 0) is 0 Å². The van der Waals surface area contributed by atoms with Gasteiger partial charge in [-0.1, -0.05) is 72.8 Å². The molecule has 0 aliphatic heterocycles. The van der Waals surface area contributed by atoms with Gasteiger partial charge in [0.05, 0.1) is 22.1 Å². The number of nitrogens with zero attached hydrogens (tertiary/aromatic N) is 4. The lowest BCUT2D eigenvalue weighted by Gasteiger charge is -2.01. The number of aromatic nitrogens is 2. The fourth-order valence-electron chi connectivity index (χ4n) is 4.08. The average molecular weight is 360 g/mol. The molecule has 4 nitrogen and oxygen atoms in total. The topological polar surface area (TPSA) is 34.6 Å². The summed E-state index contributed by atoms with van der Waals surface area (Å²) in [5.41, 5.74) is 4.20. The zero-order chi connectivity index (χ0) is 18.5. The summed E-state index contributed by atoms with van der Waals surface area (Å²) in [5.74, 6) is 0. The Kier molecular flexibility index (Phi) is 3.14. The van der Waals surface area contributed by atoms with Crippen molar-refractivity contribution in [2.75, 3.05) is 0 Å². The molecule has 0 unspecified atom stereocenters. The fraction of sp³-hybridized carbons (Fsp3) is 0. The van der Waals surface area contributed by atoms with Gasteiger partial charge in [0.15, 0.2) is 0 Å². The lowest BCUT2D eigenvalue weighted by Crippen LogP contribution is -1.91. The van der Waals surface area contributed by atoms with Crippen molar-refractivity contribution in [3.63, 3.8) is 0 Å². The molecule has 0 saturated heterocycles. The Labute approximate surface area is 160 Å². The minimum atomic E-state index is 1.05. The number of hydrogen-bond acceptors (Lipinski definition) is 2. The molecule has 0 amide bonds. The molecule has 132 valence electrons. The van der Waals surface area contributed by atoms with E-state index in [9.17, 15) is 0 Å². The second kappa shape index (κ2) is 5.79. The molecule has 0 N–H and O–H groups in total. The van der Waals surface area contributed by atoms with Gasteiger partial charge >= 0.3 is 0 Å². The lowest BCUT2D eigenvalue weighted by atomic mass is 10.2. The van der Waals surface area contributed by atoms with Gasteiger partial charge in [-0.05, 0) is 34.7 Å². The average Bonchev–Trinajstić information content (AvgIpc) is 3.26. The third kappa shape index (κ3) is 2.06. The highest BCUT2D eigenvalue weighted by molar-refractivity contribution is 6.08. The van der Waals surface area contributed by atoms with Crippen molar-refractivity contribution >= 4 is 43.6 Å². The van der Waals surface area contributed by atoms with Crippen LogP contribution in [0.15, 0.2) is 108 Å². The number of benzene rings is 4. The molecule has 0 saturated carbocycles. The molecule has 0 radical (unpaired) electrons. The van der Waals surface area contributed by atoms with Crippen LogP contribution >= 0.6 is 0 Å². The van der Waals surface area contributed by atoms with E-state index in [0.717, 1.165) is 22.1 Å². The molecule has 4 heteroatoms. The largest absolute Gasteiger partial charge is 0.212 e. The molecule has 0 bridgehead atoms. The van der Waals surface area contributed by atoms with Crippen LogP contribution in [0.25, 0.3) is 43.6 Å². The third-order valence-corrected chi connectivity index (χ3v) is 5.33. The molecule has 6 aromatic rings. The second-order valence-corrected chi connectivity index (χ2v) is 6.87. The first-order valence-electron chi connectivity index (χ1n) is 9.30. The molecule has 0 aliphatic rings. The normalized spacial score (nSPS) is 12.1. The van der Waals surface area contributed by atoms with E-state index >= 15 is 0 Å². The smallest absolute Gasteiger partial charge is 0.0749 e. The maximum absolute atomic E-state index is 4.67. The van der Waals surface area contributed by atoms with Crippen LogP contribution in [0.5, 0.6) is 0 Å². The summed E-state index contributed by atoms with van der Waals surface area (Å²) in [6.45, 7) is 0. The monoisotopic (exact) mass is 360 g/mol. The Hall–Kier alpha value is -3.92. The highest BCUT2D eigenvalue weighted by atomic mass is 15.6. The highest BCUT2D eigenvalue weighted by Gasteiger charge is 2.11. The molecule has 4 aromatic carbocycles. The predicted octanol–water partition coefficient (Wildman–Crippen LogP) is 6.58. The van der Waals surface area contributed by atoms with E-state index in [1.165, 1.54) is 21.5 Å². The van der Waals surface area contributed by atoms with Gasteiger partial charge in [-0.25, -0.2) is 9.35 Å². The first kappa shape index (κ1) is 15.2. The summed E-state index contributed by atoms with van der Waals surface area (Å²) in [7, 11) is 0. The first-order valence-corrected chi connectivity index (χ1v) is 9.30. The standard InChI is InChI=1S/C24H16N4/c1-5-13-21-17(9-1)18-10-2-6-14-22(18)27(21)25-26-28-23-15-7-3-11-19(23)20-12-4-8-16-24(20)28/h1-16H. The van der Waals surface area contributed by atoms with E-state index in [1.807, 2.05) is 33.6 Å². The number of para-hydroxylation sites is 4. The van der Waals surface area contributed by atoms with Crippen LogP contribution in [-0.4, -0.2) is 9.35 Å². The van der Waals surface area contributed by atoms with Gasteiger partial charge in [0.1, 0.15) is 0 Å². The van der Waals surface area contributed by atoms with Crippen molar-refractivity contribution in [3.8, 4) is 0 Å². The summed E-state index contributed by atoms with van der Waals surface area (Å²) < 4.78 is 3.85. The van der Waals surface area contributed by atoms with Crippen LogP contribution in [0.4, 0.5) is 0 Å². The van der Waals surface area contributed by atoms with E-state index in [-0.39, 0.29) is 0 Å². The quantitative estimate of drug-likeness (QED) is 0.313. The molecule has 0 fully saturated rings. The van der Waals surface area contributed by atoms with Gasteiger partial charge in [0.25, 0.3) is 0 Å². The minimum absolute atomic E-state index is 1.05. The van der Waals surface area contributed by atoms with Crippen molar-refractivity contribution in [2.24, 2.45) is 10.4 Å². The van der Waals surface area contributed by atoms with Crippen LogP contribution in [0.2, 0.25) is 0 Å². The van der Waals surface area contributed by atoms with Gasteiger partial charge in [-0.3, -0.25) is 0 Å². The Morgan fingerprint density at radius 2 is 0.607 bits per heavy atom. The van der Waals surface area contributed by atoms with Crippen molar-refractivity contribution in [2.45, 2.75) is 0 Å². The Balaban J connectivity index is 1.65. The van der Waals surface area contributed by atoms with Gasteiger partial charge in [-0.15, -0.1) is 0 Å². The predicted molar refractivity (Wildman–Crippen MR) is 115 cm³/mol. The Morgan fingerprint density at radius 3 is 0.893 bits per heavy atom. The van der Waals surface area contributed by atoms with E-state index < -0.39 is 0 Å². The highest BCUT2D eigenvalue weighted by Crippen LogP contribution is 2.31. The summed E-state index contributed by atoms with van der Waals surface area (Å²) in [6.07, 6.45) is 0. The maximum atomic E-state index is 4.67. The van der Waals surface area contributed by atoms with Gasteiger partial charge in [-0.2, -0.15) is 0 Å². The number of fused-ring (bicyclic) bond motifs is 6. The van der Waals surface area contributed by atoms with Gasteiger partial charge in [0.2, 0.25) is 0 Å². The van der Waals surface area contributed by atoms with E-state index in [2.05, 4.69) is 83.2 Å². The fourth-order valence-corrected chi connectivity index (χ4v) is 4.08. The molecule has 6 rings (SSSR count). The molecule has 0 atom stereocenters. The van der Waals surface area contributed by atoms with Crippen LogP contribution in [0, 0.1) is 0 Å². The van der Waals surface area contributed by atoms with E-state index in [4.69, 9.17) is 0 Å². The lowest BCUT2D eigenvalue weighted by molar-refractivity contribution is 0.750.